The van der Waals surface area contributed by atoms with Crippen LogP contribution in [0.5, 0.6) is 0 Å². The Labute approximate surface area is 150 Å². The summed E-state index contributed by atoms with van der Waals surface area (Å²) >= 11 is 0. The van der Waals surface area contributed by atoms with Gasteiger partial charge in [0, 0.05) is 24.8 Å². The molecule has 26 heavy (non-hydrogen) atoms. The molecule has 3 rings (SSSR count). The zero-order valence-corrected chi connectivity index (χ0v) is 15.0. The van der Waals surface area contributed by atoms with Gasteiger partial charge >= 0.3 is 0 Å². The fourth-order valence-electron chi connectivity index (χ4n) is 3.03. The summed E-state index contributed by atoms with van der Waals surface area (Å²) in [5.41, 5.74) is 0.985. The molecule has 1 aromatic heterocycles. The summed E-state index contributed by atoms with van der Waals surface area (Å²) in [6.07, 6.45) is 3.16. The van der Waals surface area contributed by atoms with Gasteiger partial charge in [-0.25, -0.2) is 17.2 Å². The summed E-state index contributed by atoms with van der Waals surface area (Å²) in [4.78, 5) is 14.2. The molecule has 9 heteroatoms. The molecule has 1 saturated heterocycles. The molecule has 1 amide bonds. The van der Waals surface area contributed by atoms with Gasteiger partial charge in [-0.15, -0.1) is 0 Å². The van der Waals surface area contributed by atoms with Crippen molar-refractivity contribution in [1.82, 2.24) is 14.7 Å². The normalized spacial score (nSPS) is 19.5. The first kappa shape index (κ1) is 18.5. The van der Waals surface area contributed by atoms with Crippen LogP contribution in [-0.2, 0) is 27.6 Å². The van der Waals surface area contributed by atoms with Gasteiger partial charge in [0.1, 0.15) is 0 Å². The van der Waals surface area contributed by atoms with Gasteiger partial charge in [-0.1, -0.05) is 6.07 Å². The molecule has 0 bridgehead atoms. The summed E-state index contributed by atoms with van der Waals surface area (Å²) in [6, 6.07) is 2.67. The SMILES string of the molecule is CCn1cc([C@H]2CS(=O)(=O)CCN2C(=O)Cc2ccc(F)c(F)c2)cn1. The molecule has 2 aromatic rings. The second kappa shape index (κ2) is 7.14. The Morgan fingerprint density at radius 1 is 1.31 bits per heavy atom. The highest BCUT2D eigenvalue weighted by molar-refractivity contribution is 7.91. The lowest BCUT2D eigenvalue weighted by Crippen LogP contribution is -2.46. The molecular weight excluding hydrogens is 364 g/mol. The molecule has 0 radical (unpaired) electrons. The van der Waals surface area contributed by atoms with Crippen molar-refractivity contribution in [1.29, 1.82) is 0 Å². The fourth-order valence-corrected chi connectivity index (χ4v) is 4.53. The first-order valence-electron chi connectivity index (χ1n) is 8.25. The van der Waals surface area contributed by atoms with E-state index in [1.807, 2.05) is 6.92 Å². The lowest BCUT2D eigenvalue weighted by molar-refractivity contribution is -0.132. The standard InChI is InChI=1S/C17H19F2N3O3S/c1-2-21-10-13(9-20-21)16-11-26(24,25)6-5-22(16)17(23)8-12-3-4-14(18)15(19)7-12/h3-4,7,9-10,16H,2,5-6,8,11H2,1H3/t16-/m1/s1. The van der Waals surface area contributed by atoms with Gasteiger partial charge in [0.15, 0.2) is 21.5 Å². The van der Waals surface area contributed by atoms with Crippen molar-refractivity contribution in [2.75, 3.05) is 18.1 Å². The summed E-state index contributed by atoms with van der Waals surface area (Å²) in [5.74, 6) is -2.62. The molecule has 0 saturated carbocycles. The summed E-state index contributed by atoms with van der Waals surface area (Å²) < 4.78 is 52.2. The topological polar surface area (TPSA) is 72.3 Å². The number of amides is 1. The van der Waals surface area contributed by atoms with Crippen molar-refractivity contribution in [2.24, 2.45) is 0 Å². The number of carbonyl (C=O) groups excluding carboxylic acids is 1. The Morgan fingerprint density at radius 2 is 2.08 bits per heavy atom. The van der Waals surface area contributed by atoms with Crippen molar-refractivity contribution in [3.05, 3.63) is 53.4 Å². The molecule has 140 valence electrons. The van der Waals surface area contributed by atoms with Gasteiger partial charge in [0.2, 0.25) is 5.91 Å². The third-order valence-electron chi connectivity index (χ3n) is 4.45. The van der Waals surface area contributed by atoms with E-state index < -0.39 is 27.5 Å². The van der Waals surface area contributed by atoms with Crippen LogP contribution in [0.15, 0.2) is 30.6 Å². The maximum atomic E-state index is 13.4. The second-order valence-electron chi connectivity index (χ2n) is 6.27. The largest absolute Gasteiger partial charge is 0.333 e. The molecule has 1 fully saturated rings. The number of aryl methyl sites for hydroxylation is 1. The number of hydrogen-bond acceptors (Lipinski definition) is 4. The van der Waals surface area contributed by atoms with Crippen LogP contribution in [0.1, 0.15) is 24.1 Å². The number of aromatic nitrogens is 2. The van der Waals surface area contributed by atoms with Crippen LogP contribution in [-0.4, -0.2) is 47.1 Å². The van der Waals surface area contributed by atoms with Crippen LogP contribution < -0.4 is 0 Å². The van der Waals surface area contributed by atoms with Crippen molar-refractivity contribution in [3.8, 4) is 0 Å². The molecule has 0 unspecified atom stereocenters. The smallest absolute Gasteiger partial charge is 0.227 e. The number of sulfone groups is 1. The van der Waals surface area contributed by atoms with Crippen molar-refractivity contribution in [3.63, 3.8) is 0 Å². The molecule has 6 nitrogen and oxygen atoms in total. The van der Waals surface area contributed by atoms with Gasteiger partial charge in [-0.3, -0.25) is 9.48 Å². The highest BCUT2D eigenvalue weighted by atomic mass is 32.2. The maximum absolute atomic E-state index is 13.4. The minimum atomic E-state index is -3.27. The van der Waals surface area contributed by atoms with E-state index in [0.29, 0.717) is 17.7 Å². The van der Waals surface area contributed by atoms with E-state index in [1.54, 1.807) is 17.1 Å². The van der Waals surface area contributed by atoms with E-state index in [2.05, 4.69) is 5.10 Å². The lowest BCUT2D eigenvalue weighted by Gasteiger charge is -2.35. The molecule has 1 aromatic carbocycles. The van der Waals surface area contributed by atoms with Crippen molar-refractivity contribution < 1.29 is 22.0 Å². The molecule has 1 aliphatic heterocycles. The van der Waals surface area contributed by atoms with Crippen LogP contribution in [0, 0.1) is 11.6 Å². The van der Waals surface area contributed by atoms with E-state index in [0.717, 1.165) is 12.1 Å². The molecule has 0 spiro atoms. The van der Waals surface area contributed by atoms with E-state index in [1.165, 1.54) is 11.0 Å². The maximum Gasteiger partial charge on any atom is 0.227 e. The van der Waals surface area contributed by atoms with Gasteiger partial charge in [-0.05, 0) is 24.6 Å². The minimum absolute atomic E-state index is 0.0623. The van der Waals surface area contributed by atoms with E-state index in [4.69, 9.17) is 0 Å². The van der Waals surface area contributed by atoms with Crippen LogP contribution in [0.4, 0.5) is 8.78 Å². The van der Waals surface area contributed by atoms with Crippen LogP contribution in [0.25, 0.3) is 0 Å². The Bertz CT molecular complexity index is 927. The molecule has 1 aliphatic rings. The highest BCUT2D eigenvalue weighted by Gasteiger charge is 2.35. The zero-order chi connectivity index (χ0) is 18.9. The first-order chi connectivity index (χ1) is 12.3. The van der Waals surface area contributed by atoms with E-state index >= 15 is 0 Å². The van der Waals surface area contributed by atoms with Crippen LogP contribution >= 0.6 is 0 Å². The third-order valence-corrected chi connectivity index (χ3v) is 6.08. The van der Waals surface area contributed by atoms with E-state index in [9.17, 15) is 22.0 Å². The predicted molar refractivity (Wildman–Crippen MR) is 91.1 cm³/mol. The molecule has 0 N–H and O–H groups in total. The monoisotopic (exact) mass is 383 g/mol. The molecule has 2 heterocycles. The number of carbonyl (C=O) groups is 1. The Kier molecular flexibility index (Phi) is 5.08. The Morgan fingerprint density at radius 3 is 2.73 bits per heavy atom. The summed E-state index contributed by atoms with van der Waals surface area (Å²) in [6.45, 7) is 2.59. The molecular formula is C17H19F2N3O3S. The first-order valence-corrected chi connectivity index (χ1v) is 10.1. The number of nitrogens with zero attached hydrogens (tertiary/aromatic N) is 3. The fraction of sp³-hybridized carbons (Fsp3) is 0.412. The highest BCUT2D eigenvalue weighted by Crippen LogP contribution is 2.27. The van der Waals surface area contributed by atoms with Gasteiger partial charge in [0.05, 0.1) is 30.2 Å². The number of benzene rings is 1. The van der Waals surface area contributed by atoms with E-state index in [-0.39, 0.29) is 30.4 Å². The molecule has 1 atom stereocenters. The predicted octanol–water partition coefficient (Wildman–Crippen LogP) is 1.72. The average Bonchev–Trinajstić information content (AvgIpc) is 3.06. The minimum Gasteiger partial charge on any atom is -0.333 e. The second-order valence-corrected chi connectivity index (χ2v) is 8.50. The van der Waals surface area contributed by atoms with Gasteiger partial charge < -0.3 is 4.90 Å². The molecule has 0 aliphatic carbocycles. The number of rotatable bonds is 4. The van der Waals surface area contributed by atoms with Crippen LogP contribution in [0.3, 0.4) is 0 Å². The Balaban J connectivity index is 1.84. The zero-order valence-electron chi connectivity index (χ0n) is 14.2. The number of hydrogen-bond donors (Lipinski definition) is 0. The summed E-state index contributed by atoms with van der Waals surface area (Å²) in [5, 5.41) is 4.15. The lowest BCUT2D eigenvalue weighted by atomic mass is 10.1. The van der Waals surface area contributed by atoms with Crippen molar-refractivity contribution >= 4 is 15.7 Å². The van der Waals surface area contributed by atoms with Crippen LogP contribution in [0.2, 0.25) is 0 Å². The summed E-state index contributed by atoms with van der Waals surface area (Å²) in [7, 11) is -3.27. The van der Waals surface area contributed by atoms with Gasteiger partial charge in [-0.2, -0.15) is 5.10 Å². The average molecular weight is 383 g/mol. The quantitative estimate of drug-likeness (QED) is 0.806. The third kappa shape index (κ3) is 3.92. The van der Waals surface area contributed by atoms with Crippen molar-refractivity contribution in [2.45, 2.75) is 25.9 Å². The Hall–Kier alpha value is -2.29. The number of halogens is 2. The van der Waals surface area contributed by atoms with Gasteiger partial charge in [0.25, 0.3) is 0 Å².